The summed E-state index contributed by atoms with van der Waals surface area (Å²) in [6.07, 6.45) is 0. The van der Waals surface area contributed by atoms with Gasteiger partial charge in [0.05, 0.1) is 5.75 Å². The number of oxime groups is 1. The molecule has 14 nitrogen and oxygen atoms in total. The van der Waals surface area contributed by atoms with Crippen molar-refractivity contribution in [1.29, 1.82) is 0 Å². The predicted octanol–water partition coefficient (Wildman–Crippen LogP) is -1.55. The molecule has 0 aromatic carbocycles. The molecule has 3 heterocycles. The minimum absolute atomic E-state index is 0.0107. The van der Waals surface area contributed by atoms with E-state index in [1.54, 1.807) is 0 Å². The minimum Gasteiger partial charge on any atom is -0.479 e. The molecule has 1 aromatic heterocycles. The number of nitrogens with two attached hydrogens (primary N) is 2. The van der Waals surface area contributed by atoms with Crippen molar-refractivity contribution in [1.82, 2.24) is 15.2 Å². The predicted molar refractivity (Wildman–Crippen MR) is 118 cm³/mol. The highest BCUT2D eigenvalue weighted by atomic mass is 32.2. The summed E-state index contributed by atoms with van der Waals surface area (Å²) in [4.78, 5) is 68.9. The molecule has 7 N–H and O–H groups in total. The number of hydrogen-bond donors (Lipinski definition) is 5. The zero-order chi connectivity index (χ0) is 24.3. The zero-order valence-electron chi connectivity index (χ0n) is 16.4. The van der Waals surface area contributed by atoms with Gasteiger partial charge >= 0.3 is 11.9 Å². The largest absolute Gasteiger partial charge is 0.479 e. The van der Waals surface area contributed by atoms with Gasteiger partial charge in [0.25, 0.3) is 11.8 Å². The molecule has 0 aliphatic carbocycles. The van der Waals surface area contributed by atoms with Crippen molar-refractivity contribution in [2.45, 2.75) is 11.4 Å². The SMILES string of the molecule is NC(=O)CSC1=C(C(=O)O)N2C(=O)[C@@H](NC(=O)/C(=N\OCC(=O)O)c3csc(N)n3)[C@H]2SC1. The average Bonchev–Trinajstić information content (AvgIpc) is 3.17. The summed E-state index contributed by atoms with van der Waals surface area (Å²) in [5, 5.41) is 25.0. The van der Waals surface area contributed by atoms with Crippen LogP contribution in [0.1, 0.15) is 5.69 Å². The van der Waals surface area contributed by atoms with Gasteiger partial charge in [-0.1, -0.05) is 5.16 Å². The highest BCUT2D eigenvalue weighted by Gasteiger charge is 2.54. The van der Waals surface area contributed by atoms with Gasteiger partial charge < -0.3 is 31.8 Å². The van der Waals surface area contributed by atoms with E-state index < -0.39 is 53.4 Å². The van der Waals surface area contributed by atoms with Crippen molar-refractivity contribution in [2.75, 3.05) is 23.8 Å². The molecule has 1 saturated heterocycles. The second kappa shape index (κ2) is 10.1. The highest BCUT2D eigenvalue weighted by molar-refractivity contribution is 8.06. The number of thiazole rings is 1. The maximum Gasteiger partial charge on any atom is 0.353 e. The van der Waals surface area contributed by atoms with Crippen LogP contribution >= 0.6 is 34.9 Å². The van der Waals surface area contributed by atoms with Crippen LogP contribution in [0.15, 0.2) is 21.1 Å². The summed E-state index contributed by atoms with van der Waals surface area (Å²) >= 11 is 3.13. The Morgan fingerprint density at radius 2 is 2.09 bits per heavy atom. The number of aliphatic carboxylic acids is 2. The molecule has 2 atom stereocenters. The lowest BCUT2D eigenvalue weighted by Gasteiger charge is -2.49. The van der Waals surface area contributed by atoms with Gasteiger partial charge in [0.15, 0.2) is 10.8 Å². The molecule has 3 rings (SSSR count). The van der Waals surface area contributed by atoms with Crippen LogP contribution in [0.5, 0.6) is 0 Å². The molecule has 0 radical (unpaired) electrons. The molecule has 2 aliphatic rings. The maximum atomic E-state index is 12.8. The number of rotatable bonds is 10. The first-order chi connectivity index (χ1) is 15.6. The molecule has 1 fully saturated rings. The second-order valence-electron chi connectivity index (χ2n) is 6.37. The lowest BCUT2D eigenvalue weighted by molar-refractivity contribution is -0.150. The molecule has 0 unspecified atom stereocenters. The number of primary amides is 1. The molecule has 0 saturated carbocycles. The minimum atomic E-state index is -1.35. The summed E-state index contributed by atoms with van der Waals surface area (Å²) in [6.45, 7) is -0.816. The molecule has 1 aromatic rings. The van der Waals surface area contributed by atoms with Crippen LogP contribution in [0.4, 0.5) is 5.13 Å². The van der Waals surface area contributed by atoms with Crippen molar-refractivity contribution < 1.29 is 39.0 Å². The van der Waals surface area contributed by atoms with Crippen LogP contribution < -0.4 is 16.8 Å². The lowest BCUT2D eigenvalue weighted by Crippen LogP contribution is -2.71. The molecular weight excluding hydrogens is 500 g/mol. The number of carboxylic acid groups (broad SMARTS) is 2. The van der Waals surface area contributed by atoms with Gasteiger partial charge in [-0.25, -0.2) is 14.6 Å². The molecule has 3 amide bonds. The fourth-order valence-electron chi connectivity index (χ4n) is 2.82. The molecular formula is C16H16N6O8S3. The number of aromatic nitrogens is 1. The molecule has 0 bridgehead atoms. The number of nitrogen functional groups attached to an aromatic ring is 1. The van der Waals surface area contributed by atoms with Gasteiger partial charge in [-0.05, 0) is 0 Å². The number of amides is 3. The average molecular weight is 517 g/mol. The number of nitrogens with one attached hydrogen (secondary N) is 1. The van der Waals surface area contributed by atoms with E-state index in [1.165, 1.54) is 17.1 Å². The summed E-state index contributed by atoms with van der Waals surface area (Å²) in [7, 11) is 0. The van der Waals surface area contributed by atoms with E-state index in [9.17, 15) is 29.1 Å². The Labute approximate surface area is 197 Å². The Morgan fingerprint density at radius 1 is 1.36 bits per heavy atom. The maximum absolute atomic E-state index is 12.8. The summed E-state index contributed by atoms with van der Waals surface area (Å²) < 4.78 is 0. The summed E-state index contributed by atoms with van der Waals surface area (Å²) in [5.74, 6) is -4.84. The van der Waals surface area contributed by atoms with Crippen LogP contribution in [0.3, 0.4) is 0 Å². The number of anilines is 1. The number of carboxylic acids is 2. The first-order valence-electron chi connectivity index (χ1n) is 8.86. The first kappa shape index (κ1) is 24.3. The number of carbonyl (C=O) groups is 5. The van der Waals surface area contributed by atoms with Crippen LogP contribution in [-0.4, -0.2) is 85.0 Å². The quantitative estimate of drug-likeness (QED) is 0.135. The normalized spacial score (nSPS) is 20.1. The third kappa shape index (κ3) is 5.37. The Morgan fingerprint density at radius 3 is 2.67 bits per heavy atom. The molecule has 0 spiro atoms. The molecule has 17 heteroatoms. The summed E-state index contributed by atoms with van der Waals surface area (Å²) in [6, 6.07) is -1.08. The molecule has 2 aliphatic heterocycles. The van der Waals surface area contributed by atoms with Gasteiger partial charge in [-0.15, -0.1) is 34.9 Å². The lowest BCUT2D eigenvalue weighted by atomic mass is 10.0. The Balaban J connectivity index is 1.78. The van der Waals surface area contributed by atoms with Crippen molar-refractivity contribution in [3.63, 3.8) is 0 Å². The number of β-lactam (4-membered cyclic amide) rings is 1. The molecule has 33 heavy (non-hydrogen) atoms. The fraction of sp³-hybridized carbons (Fsp3) is 0.312. The fourth-order valence-corrected chi connectivity index (χ4v) is 5.74. The van der Waals surface area contributed by atoms with Crippen LogP contribution in [0.25, 0.3) is 0 Å². The third-order valence-electron chi connectivity index (χ3n) is 4.13. The smallest absolute Gasteiger partial charge is 0.353 e. The van der Waals surface area contributed by atoms with E-state index >= 15 is 0 Å². The Kier molecular flexibility index (Phi) is 7.44. The van der Waals surface area contributed by atoms with Crippen molar-refractivity contribution in [3.05, 3.63) is 21.7 Å². The topological polar surface area (TPSA) is 228 Å². The number of nitrogens with zero attached hydrogens (tertiary/aromatic N) is 3. The second-order valence-corrected chi connectivity index (χ2v) is 9.44. The zero-order valence-corrected chi connectivity index (χ0v) is 18.9. The number of fused-ring (bicyclic) bond motifs is 1. The van der Waals surface area contributed by atoms with Crippen molar-refractivity contribution in [2.24, 2.45) is 10.9 Å². The van der Waals surface area contributed by atoms with Gasteiger partial charge in [0, 0.05) is 16.0 Å². The van der Waals surface area contributed by atoms with Crippen molar-refractivity contribution in [3.8, 4) is 0 Å². The Bertz CT molecular complexity index is 1090. The van der Waals surface area contributed by atoms with Crippen LogP contribution in [0, 0.1) is 0 Å². The third-order valence-corrected chi connectivity index (χ3v) is 7.39. The molecule has 176 valence electrons. The van der Waals surface area contributed by atoms with Gasteiger partial charge in [0.1, 0.15) is 22.8 Å². The highest BCUT2D eigenvalue weighted by Crippen LogP contribution is 2.43. The number of hydrogen-bond acceptors (Lipinski definition) is 12. The van der Waals surface area contributed by atoms with Crippen molar-refractivity contribution >= 4 is 75.4 Å². The van der Waals surface area contributed by atoms with Gasteiger partial charge in [-0.3, -0.25) is 19.3 Å². The monoisotopic (exact) mass is 516 g/mol. The van der Waals surface area contributed by atoms with E-state index in [2.05, 4.69) is 20.3 Å². The standard InChI is InChI=1S/C16H16N6O8S3/c17-7(23)4-31-6-3-32-14-10(13(27)22(14)11(6)15(28)29)20-12(26)9(21-30-1-8(24)25)5-2-33-16(18)19-5/h2,10,14H,1,3-4H2,(H2,17,23)(H2,18,19)(H,20,26)(H,24,25)(H,28,29)/b21-9-/t10-,14-/m1/s1. The number of thioether (sulfide) groups is 2. The van der Waals surface area contributed by atoms with E-state index in [1.807, 2.05) is 0 Å². The number of carbonyl (C=O) groups excluding carboxylic acids is 3. The van der Waals surface area contributed by atoms with Gasteiger partial charge in [0.2, 0.25) is 12.5 Å². The Hall–Kier alpha value is -3.31. The first-order valence-corrected chi connectivity index (χ1v) is 11.8. The van der Waals surface area contributed by atoms with E-state index in [0.29, 0.717) is 4.91 Å². The van der Waals surface area contributed by atoms with Crippen LogP contribution in [-0.2, 0) is 28.8 Å². The van der Waals surface area contributed by atoms with Crippen LogP contribution in [0.2, 0.25) is 0 Å². The van der Waals surface area contributed by atoms with E-state index in [4.69, 9.17) is 16.6 Å². The summed E-state index contributed by atoms with van der Waals surface area (Å²) in [5.41, 5.74) is 10.0. The van der Waals surface area contributed by atoms with Gasteiger partial charge in [-0.2, -0.15) is 0 Å². The van der Waals surface area contributed by atoms with E-state index in [0.717, 1.165) is 28.0 Å². The van der Waals surface area contributed by atoms with E-state index in [-0.39, 0.29) is 28.0 Å².